The lowest BCUT2D eigenvalue weighted by Crippen LogP contribution is -2.53. The molecule has 8 atom stereocenters. The second kappa shape index (κ2) is 13.2. The summed E-state index contributed by atoms with van der Waals surface area (Å²) in [6, 6.07) is 21.0. The number of rotatable bonds is 4. The van der Waals surface area contributed by atoms with Gasteiger partial charge in [0.05, 0.1) is 0 Å². The first kappa shape index (κ1) is 40.2. The molecule has 6 fully saturated rings. The molecule has 55 heavy (non-hydrogen) atoms. The molecule has 8 unspecified atom stereocenters. The molecule has 304 valence electrons. The molecule has 0 nitrogen and oxygen atoms in total. The third-order valence-corrected chi connectivity index (χ3v) is 19.5. The Balaban J connectivity index is 1.38. The lowest BCUT2D eigenvalue weighted by molar-refractivity contribution is -0.0969. The highest BCUT2D eigenvalue weighted by atomic mass is 14.7. The van der Waals surface area contributed by atoms with E-state index in [-0.39, 0.29) is 16.2 Å². The van der Waals surface area contributed by atoms with Gasteiger partial charge in [-0.15, -0.1) is 0 Å². The second-order valence-electron chi connectivity index (χ2n) is 26.0. The maximum atomic E-state index is 2.69. The van der Waals surface area contributed by atoms with Gasteiger partial charge in [-0.2, -0.15) is 0 Å². The van der Waals surface area contributed by atoms with Crippen LogP contribution in [0.4, 0.5) is 0 Å². The van der Waals surface area contributed by atoms with Crippen LogP contribution in [0.15, 0.2) is 48.5 Å². The van der Waals surface area contributed by atoms with Crippen molar-refractivity contribution in [2.24, 2.45) is 80.8 Å². The fourth-order valence-corrected chi connectivity index (χ4v) is 16.0. The van der Waals surface area contributed by atoms with Crippen molar-refractivity contribution >= 4 is 0 Å². The summed E-state index contributed by atoms with van der Waals surface area (Å²) in [5.74, 6) is 8.17. The lowest BCUT2D eigenvalue weighted by atomic mass is 9.45. The van der Waals surface area contributed by atoms with Crippen molar-refractivity contribution < 1.29 is 0 Å². The summed E-state index contributed by atoms with van der Waals surface area (Å²) >= 11 is 0. The first-order chi connectivity index (χ1) is 25.5. The zero-order valence-corrected chi connectivity index (χ0v) is 38.4. The zero-order chi connectivity index (χ0) is 39.7. The van der Waals surface area contributed by atoms with E-state index < -0.39 is 0 Å². The molecule has 0 aliphatic heterocycles. The largest absolute Gasteiger partial charge is 0.0596 e. The third-order valence-electron chi connectivity index (χ3n) is 19.5. The van der Waals surface area contributed by atoms with Crippen LogP contribution >= 0.6 is 0 Å². The summed E-state index contributed by atoms with van der Waals surface area (Å²) in [7, 11) is 0. The van der Waals surface area contributed by atoms with Crippen LogP contribution in [0.1, 0.15) is 196 Å². The summed E-state index contributed by atoms with van der Waals surface area (Å²) in [5, 5.41) is 0. The van der Waals surface area contributed by atoms with Crippen LogP contribution in [0.5, 0.6) is 0 Å². The van der Waals surface area contributed by atoms with Gasteiger partial charge in [-0.3, -0.25) is 0 Å². The van der Waals surface area contributed by atoms with Crippen molar-refractivity contribution in [3.8, 4) is 0 Å². The number of hydrogen-bond donors (Lipinski definition) is 0. The van der Waals surface area contributed by atoms with Gasteiger partial charge in [-0.1, -0.05) is 158 Å². The second-order valence-corrected chi connectivity index (χ2v) is 26.0. The van der Waals surface area contributed by atoms with Gasteiger partial charge in [-0.25, -0.2) is 0 Å². The van der Waals surface area contributed by atoms with E-state index in [1.807, 2.05) is 0 Å². The van der Waals surface area contributed by atoms with Crippen LogP contribution in [0, 0.1) is 80.8 Å². The molecule has 0 heteroatoms. The number of fused-ring (bicyclic) bond motifs is 5. The van der Waals surface area contributed by atoms with Crippen molar-refractivity contribution in [1.82, 2.24) is 0 Å². The van der Waals surface area contributed by atoms with E-state index in [1.165, 1.54) is 88.2 Å². The predicted molar refractivity (Wildman–Crippen MR) is 236 cm³/mol. The fourth-order valence-electron chi connectivity index (χ4n) is 16.0. The van der Waals surface area contributed by atoms with Gasteiger partial charge in [0.2, 0.25) is 0 Å². The van der Waals surface area contributed by atoms with Crippen LogP contribution in [0.2, 0.25) is 0 Å². The Morgan fingerprint density at radius 1 is 0.400 bits per heavy atom. The first-order valence-electron chi connectivity index (χ1n) is 23.7. The molecule has 2 aromatic rings. The van der Waals surface area contributed by atoms with E-state index in [1.54, 1.807) is 11.1 Å². The third kappa shape index (κ3) is 6.48. The molecule has 6 saturated carbocycles. The molecule has 0 bridgehead atoms. The maximum absolute atomic E-state index is 2.69. The highest BCUT2D eigenvalue weighted by molar-refractivity contribution is 5.46. The minimum absolute atomic E-state index is 0.0496. The van der Waals surface area contributed by atoms with Gasteiger partial charge < -0.3 is 0 Å². The van der Waals surface area contributed by atoms with E-state index in [0.29, 0.717) is 33.5 Å². The topological polar surface area (TPSA) is 0 Å². The molecule has 0 N–H and O–H groups in total. The predicted octanol–water partition coefficient (Wildman–Crippen LogP) is 15.6. The Morgan fingerprint density at radius 2 is 0.673 bits per heavy atom. The maximum Gasteiger partial charge on any atom is 0.0264 e. The molecule has 6 aliphatic carbocycles. The summed E-state index contributed by atoms with van der Waals surface area (Å²) < 4.78 is 0. The summed E-state index contributed by atoms with van der Waals surface area (Å²) in [6.07, 6.45) is 17.2. The minimum Gasteiger partial charge on any atom is -0.0596 e. The van der Waals surface area contributed by atoms with Crippen LogP contribution < -0.4 is 0 Å². The van der Waals surface area contributed by atoms with Gasteiger partial charge in [0.25, 0.3) is 0 Å². The van der Waals surface area contributed by atoms with Gasteiger partial charge >= 0.3 is 0 Å². The zero-order valence-electron chi connectivity index (χ0n) is 38.4. The van der Waals surface area contributed by atoms with Crippen LogP contribution in [0.25, 0.3) is 0 Å². The molecular weight excluding hydrogens is 661 g/mol. The van der Waals surface area contributed by atoms with E-state index in [9.17, 15) is 0 Å². The van der Waals surface area contributed by atoms with Crippen molar-refractivity contribution in [1.29, 1.82) is 0 Å². The van der Waals surface area contributed by atoms with Crippen LogP contribution in [-0.4, -0.2) is 0 Å². The van der Waals surface area contributed by atoms with E-state index in [0.717, 1.165) is 47.3 Å². The monoisotopic (exact) mass is 745 g/mol. The van der Waals surface area contributed by atoms with Crippen LogP contribution in [0.3, 0.4) is 0 Å². The van der Waals surface area contributed by atoms with E-state index in [4.69, 9.17) is 0 Å². The Hall–Kier alpha value is -1.56. The SMILES string of the molecule is CC(C)(C)c1ccc(C(c2ccc(C(C)(C)C)cc2)(C2CCCC2)C2C3CC4C(CC3C3CC5C(CC32)C(C)(C)CCC5(C)C)C(C)(C)CCC4(C)C)cc1. The van der Waals surface area contributed by atoms with Gasteiger partial charge in [0.15, 0.2) is 0 Å². The average molecular weight is 745 g/mol. The summed E-state index contributed by atoms with van der Waals surface area (Å²) in [4.78, 5) is 0. The van der Waals surface area contributed by atoms with Crippen LogP contribution in [-0.2, 0) is 16.2 Å². The molecule has 0 amide bonds. The molecule has 0 aromatic heterocycles. The standard InChI is InChI=1S/C55H84/c1-49(2,3)35-19-23-38(24-20-35)55(37-17-15-16-18-37,39-25-21-36(22-26-39)50(4,5)6)48-42-33-46-44(51(7,8)27-29-53(46,11)12)31-40(42)41-32-45-47(34-43(41)48)54(13,14)30-28-52(45,9)10/h19-26,37,40-48H,15-18,27-34H2,1-14H3. The van der Waals surface area contributed by atoms with Gasteiger partial charge in [0.1, 0.15) is 0 Å². The van der Waals surface area contributed by atoms with Crippen molar-refractivity contribution in [3.63, 3.8) is 0 Å². The normalized spacial score (nSPS) is 36.7. The van der Waals surface area contributed by atoms with Crippen molar-refractivity contribution in [2.45, 2.75) is 190 Å². The Kier molecular flexibility index (Phi) is 9.67. The summed E-state index contributed by atoms with van der Waals surface area (Å²) in [6.45, 7) is 35.9. The lowest BCUT2D eigenvalue weighted by Gasteiger charge is -2.59. The first-order valence-corrected chi connectivity index (χ1v) is 23.7. The van der Waals surface area contributed by atoms with E-state index >= 15 is 0 Å². The molecule has 2 aromatic carbocycles. The van der Waals surface area contributed by atoms with Gasteiger partial charge in [0, 0.05) is 5.41 Å². The molecule has 6 aliphatic rings. The van der Waals surface area contributed by atoms with E-state index in [2.05, 4.69) is 145 Å². The smallest absolute Gasteiger partial charge is 0.0264 e. The number of benzene rings is 2. The number of hydrogen-bond acceptors (Lipinski definition) is 0. The van der Waals surface area contributed by atoms with Gasteiger partial charge in [-0.05, 0) is 178 Å². The average Bonchev–Trinajstić information content (AvgIpc) is 3.76. The fraction of sp³-hybridized carbons (Fsp3) is 0.782. The molecule has 0 saturated heterocycles. The van der Waals surface area contributed by atoms with Crippen molar-refractivity contribution in [2.75, 3.05) is 0 Å². The molecular formula is C55H84. The Morgan fingerprint density at radius 3 is 0.964 bits per heavy atom. The molecule has 0 spiro atoms. The molecule has 0 radical (unpaired) electrons. The Labute approximate surface area is 340 Å². The molecule has 8 rings (SSSR count). The Bertz CT molecular complexity index is 1560. The highest BCUT2D eigenvalue weighted by Crippen LogP contribution is 2.74. The quantitative estimate of drug-likeness (QED) is 0.292. The van der Waals surface area contributed by atoms with Crippen molar-refractivity contribution in [3.05, 3.63) is 70.8 Å². The minimum atomic E-state index is 0.0496. The highest BCUT2D eigenvalue weighted by Gasteiger charge is 2.68. The molecule has 0 heterocycles. The summed E-state index contributed by atoms with van der Waals surface area (Å²) in [5.41, 5.74) is 8.46.